The van der Waals surface area contributed by atoms with Crippen LogP contribution >= 0.6 is 0 Å². The second-order valence-corrected chi connectivity index (χ2v) is 7.27. The number of rotatable bonds is 5. The first-order valence-corrected chi connectivity index (χ1v) is 8.82. The van der Waals surface area contributed by atoms with Crippen LogP contribution in [0.2, 0.25) is 0 Å². The van der Waals surface area contributed by atoms with E-state index in [1.807, 2.05) is 0 Å². The second kappa shape index (κ2) is 6.98. The van der Waals surface area contributed by atoms with Gasteiger partial charge in [0.2, 0.25) is 5.91 Å². The molecule has 1 aliphatic carbocycles. The van der Waals surface area contributed by atoms with E-state index in [-0.39, 0.29) is 29.6 Å². The van der Waals surface area contributed by atoms with Crippen LogP contribution < -0.4 is 5.32 Å². The van der Waals surface area contributed by atoms with E-state index in [1.165, 1.54) is 30.0 Å². The second-order valence-electron chi connectivity index (χ2n) is 7.27. The topological polar surface area (TPSA) is 130 Å². The number of aliphatic carboxylic acids is 1. The minimum Gasteiger partial charge on any atom is -0.481 e. The number of nitrogens with zero attached hydrogens (tertiary/aromatic N) is 2. The number of amides is 2. The summed E-state index contributed by atoms with van der Waals surface area (Å²) < 4.78 is 0. The molecule has 1 aromatic rings. The highest BCUT2D eigenvalue weighted by atomic mass is 16.6. The van der Waals surface area contributed by atoms with Crippen molar-refractivity contribution in [3.05, 3.63) is 39.9 Å². The van der Waals surface area contributed by atoms with E-state index in [2.05, 4.69) is 5.32 Å². The van der Waals surface area contributed by atoms with Gasteiger partial charge in [0.25, 0.3) is 11.6 Å². The normalized spacial score (nSPS) is 24.9. The number of likely N-dealkylation sites (tertiary alicyclic amines) is 1. The van der Waals surface area contributed by atoms with Gasteiger partial charge in [-0.15, -0.1) is 0 Å². The van der Waals surface area contributed by atoms with Crippen LogP contribution in [-0.2, 0) is 9.59 Å². The molecule has 2 amide bonds. The van der Waals surface area contributed by atoms with Crippen LogP contribution in [0.5, 0.6) is 0 Å². The molecular weight excluding hydrogens is 354 g/mol. The first kappa shape index (κ1) is 18.8. The Morgan fingerprint density at radius 3 is 2.78 bits per heavy atom. The van der Waals surface area contributed by atoms with Gasteiger partial charge in [-0.25, -0.2) is 0 Å². The molecule has 9 nitrogen and oxygen atoms in total. The Labute approximate surface area is 155 Å². The molecule has 0 bridgehead atoms. The van der Waals surface area contributed by atoms with Gasteiger partial charge in [0, 0.05) is 30.8 Å². The first-order valence-electron chi connectivity index (χ1n) is 8.82. The fourth-order valence-electron chi connectivity index (χ4n) is 4.18. The Hall–Kier alpha value is -2.97. The van der Waals surface area contributed by atoms with Crippen molar-refractivity contribution >= 4 is 23.5 Å². The molecule has 27 heavy (non-hydrogen) atoms. The Morgan fingerprint density at radius 1 is 1.41 bits per heavy atom. The molecular formula is C18H21N3O6. The summed E-state index contributed by atoms with van der Waals surface area (Å²) >= 11 is 0. The van der Waals surface area contributed by atoms with Crippen LogP contribution in [0.4, 0.5) is 5.69 Å². The van der Waals surface area contributed by atoms with Crippen LogP contribution in [0.3, 0.4) is 0 Å². The fraction of sp³-hybridized carbons (Fsp3) is 0.500. The lowest BCUT2D eigenvalue weighted by atomic mass is 9.81. The Morgan fingerprint density at radius 2 is 2.15 bits per heavy atom. The molecule has 0 radical (unpaired) electrons. The van der Waals surface area contributed by atoms with Crippen LogP contribution in [0.25, 0.3) is 0 Å². The summed E-state index contributed by atoms with van der Waals surface area (Å²) in [6.45, 7) is 2.06. The lowest BCUT2D eigenvalue weighted by molar-refractivity contribution is -0.384. The molecule has 144 valence electrons. The van der Waals surface area contributed by atoms with Crippen molar-refractivity contribution < 1.29 is 24.4 Å². The average molecular weight is 375 g/mol. The van der Waals surface area contributed by atoms with Gasteiger partial charge < -0.3 is 15.3 Å². The monoisotopic (exact) mass is 375 g/mol. The van der Waals surface area contributed by atoms with E-state index in [0.717, 1.165) is 18.9 Å². The smallest absolute Gasteiger partial charge is 0.311 e. The molecule has 1 heterocycles. The number of nitro benzene ring substituents is 1. The molecule has 1 aromatic carbocycles. The standard InChI is InChI=1S/C18H21N3O6/c1-11(19-15(22)12-4-2-6-14(8-12)21(26)27)16(23)20-9-13-5-3-7-18(13,10-20)17(24)25/h2,4,6,8,11,13H,3,5,7,9-10H2,1H3,(H,19,22)(H,24,25)/t11?,13-,18+/m0/s1. The van der Waals surface area contributed by atoms with E-state index in [0.29, 0.717) is 13.0 Å². The first-order chi connectivity index (χ1) is 12.7. The Balaban J connectivity index is 1.66. The van der Waals surface area contributed by atoms with E-state index in [9.17, 15) is 29.6 Å². The predicted octanol–water partition coefficient (Wildman–Crippen LogP) is 1.43. The maximum Gasteiger partial charge on any atom is 0.311 e. The van der Waals surface area contributed by atoms with Crippen LogP contribution in [0.1, 0.15) is 36.5 Å². The fourth-order valence-corrected chi connectivity index (χ4v) is 4.18. The number of hydrogen-bond donors (Lipinski definition) is 2. The summed E-state index contributed by atoms with van der Waals surface area (Å²) in [5, 5.41) is 23.0. The number of nitrogens with one attached hydrogen (secondary N) is 1. The minimum absolute atomic E-state index is 0.0568. The van der Waals surface area contributed by atoms with Gasteiger partial charge in [-0.1, -0.05) is 12.5 Å². The summed E-state index contributed by atoms with van der Waals surface area (Å²) in [5.41, 5.74) is -0.999. The molecule has 3 rings (SSSR count). The van der Waals surface area contributed by atoms with Gasteiger partial charge >= 0.3 is 5.97 Å². The summed E-state index contributed by atoms with van der Waals surface area (Å²) in [7, 11) is 0. The molecule has 9 heteroatoms. The molecule has 1 saturated heterocycles. The number of non-ortho nitro benzene ring substituents is 1. The number of nitro groups is 1. The number of hydrogen-bond acceptors (Lipinski definition) is 5. The van der Waals surface area contributed by atoms with Gasteiger partial charge in [-0.2, -0.15) is 0 Å². The van der Waals surface area contributed by atoms with Crippen LogP contribution in [-0.4, -0.2) is 51.8 Å². The largest absolute Gasteiger partial charge is 0.481 e. The number of carbonyl (C=O) groups excluding carboxylic acids is 2. The van der Waals surface area contributed by atoms with Gasteiger partial charge in [-0.05, 0) is 31.7 Å². The van der Waals surface area contributed by atoms with E-state index in [1.54, 1.807) is 0 Å². The summed E-state index contributed by atoms with van der Waals surface area (Å²) in [6, 6.07) is 4.39. The predicted molar refractivity (Wildman–Crippen MR) is 94.0 cm³/mol. The van der Waals surface area contributed by atoms with Crippen LogP contribution in [0, 0.1) is 21.4 Å². The lowest BCUT2D eigenvalue weighted by Crippen LogP contribution is -2.47. The molecule has 2 aliphatic rings. The van der Waals surface area contributed by atoms with E-state index < -0.39 is 28.3 Å². The van der Waals surface area contributed by atoms with Crippen molar-refractivity contribution in [3.63, 3.8) is 0 Å². The van der Waals surface area contributed by atoms with E-state index >= 15 is 0 Å². The molecule has 2 N–H and O–H groups in total. The summed E-state index contributed by atoms with van der Waals surface area (Å²) in [5.74, 6) is -1.86. The van der Waals surface area contributed by atoms with Crippen molar-refractivity contribution in [1.82, 2.24) is 10.2 Å². The third-order valence-corrected chi connectivity index (χ3v) is 5.65. The maximum absolute atomic E-state index is 12.7. The van der Waals surface area contributed by atoms with Crippen LogP contribution in [0.15, 0.2) is 24.3 Å². The minimum atomic E-state index is -0.876. The zero-order valence-corrected chi connectivity index (χ0v) is 14.9. The van der Waals surface area contributed by atoms with Crippen molar-refractivity contribution in [1.29, 1.82) is 0 Å². The number of carboxylic acids is 1. The maximum atomic E-state index is 12.7. The van der Waals surface area contributed by atoms with Crippen molar-refractivity contribution in [3.8, 4) is 0 Å². The number of benzene rings is 1. The van der Waals surface area contributed by atoms with Gasteiger partial charge in [0.1, 0.15) is 6.04 Å². The number of carbonyl (C=O) groups is 3. The molecule has 1 unspecified atom stereocenters. The van der Waals surface area contributed by atoms with Crippen molar-refractivity contribution in [2.24, 2.45) is 11.3 Å². The molecule has 1 aliphatic heterocycles. The Kier molecular flexibility index (Phi) is 4.86. The highest BCUT2D eigenvalue weighted by molar-refractivity contribution is 5.98. The lowest BCUT2D eigenvalue weighted by Gasteiger charge is -2.25. The highest BCUT2D eigenvalue weighted by Gasteiger charge is 2.56. The van der Waals surface area contributed by atoms with Gasteiger partial charge in [0.05, 0.1) is 10.3 Å². The summed E-state index contributed by atoms with van der Waals surface area (Å²) in [4.78, 5) is 48.5. The molecule has 1 saturated carbocycles. The third kappa shape index (κ3) is 3.36. The third-order valence-electron chi connectivity index (χ3n) is 5.65. The van der Waals surface area contributed by atoms with Gasteiger partial charge in [0.15, 0.2) is 0 Å². The Bertz CT molecular complexity index is 810. The molecule has 0 aromatic heterocycles. The molecule has 2 fully saturated rings. The highest BCUT2D eigenvalue weighted by Crippen LogP contribution is 2.48. The zero-order chi connectivity index (χ0) is 19.8. The summed E-state index contributed by atoms with van der Waals surface area (Å²) in [6.07, 6.45) is 2.19. The van der Waals surface area contributed by atoms with Gasteiger partial charge in [-0.3, -0.25) is 24.5 Å². The molecule has 3 atom stereocenters. The van der Waals surface area contributed by atoms with Crippen molar-refractivity contribution in [2.45, 2.75) is 32.2 Å². The number of fused-ring (bicyclic) bond motifs is 1. The average Bonchev–Trinajstić information content (AvgIpc) is 3.19. The van der Waals surface area contributed by atoms with Crippen molar-refractivity contribution in [2.75, 3.05) is 13.1 Å². The molecule has 0 spiro atoms. The number of carboxylic acid groups (broad SMARTS) is 1. The van der Waals surface area contributed by atoms with E-state index in [4.69, 9.17) is 0 Å². The zero-order valence-electron chi connectivity index (χ0n) is 14.9. The quantitative estimate of drug-likeness (QED) is 0.591. The SMILES string of the molecule is CC(NC(=O)c1cccc([N+](=O)[O-])c1)C(=O)N1C[C@@H]2CCC[C@@]2(C(=O)O)C1.